The molecule has 0 atom stereocenters. The number of ether oxygens (including phenoxy) is 2. The standard InChI is InChI=1S/C20H23NO3/c22-20(21-13-7-8-14-21)10-6-4-2-1-3-5-9-17-11-12-18-19(15-17)24-16-23-18/h2-6,10-12,15H,1,7-9,13-14,16H2/b4-2+,5-3+,10-6+. The largest absolute Gasteiger partial charge is 0.454 e. The zero-order valence-corrected chi connectivity index (χ0v) is 13.8. The Morgan fingerprint density at radius 1 is 1.04 bits per heavy atom. The first kappa shape index (κ1) is 16.4. The van der Waals surface area contributed by atoms with E-state index in [0.29, 0.717) is 6.79 Å². The summed E-state index contributed by atoms with van der Waals surface area (Å²) in [6, 6.07) is 6.03. The lowest BCUT2D eigenvalue weighted by atomic mass is 10.1. The average Bonchev–Trinajstić information content (AvgIpc) is 3.28. The molecule has 3 rings (SSSR count). The third-order valence-electron chi connectivity index (χ3n) is 4.13. The normalized spacial score (nSPS) is 16.9. The van der Waals surface area contributed by atoms with Crippen LogP contribution in [0.1, 0.15) is 24.8 Å². The highest BCUT2D eigenvalue weighted by Gasteiger charge is 2.14. The second-order valence-electron chi connectivity index (χ2n) is 5.92. The number of carbonyl (C=O) groups is 1. The lowest BCUT2D eigenvalue weighted by molar-refractivity contribution is -0.124. The van der Waals surface area contributed by atoms with Crippen LogP contribution in [0.5, 0.6) is 11.5 Å². The van der Waals surface area contributed by atoms with Crippen molar-refractivity contribution in [2.75, 3.05) is 19.9 Å². The van der Waals surface area contributed by atoms with Crippen LogP contribution in [-0.4, -0.2) is 30.7 Å². The molecule has 4 nitrogen and oxygen atoms in total. The highest BCUT2D eigenvalue weighted by Crippen LogP contribution is 2.32. The summed E-state index contributed by atoms with van der Waals surface area (Å²) in [5, 5.41) is 0. The van der Waals surface area contributed by atoms with E-state index in [0.717, 1.165) is 50.3 Å². The van der Waals surface area contributed by atoms with Gasteiger partial charge in [-0.2, -0.15) is 0 Å². The van der Waals surface area contributed by atoms with Gasteiger partial charge in [-0.05, 0) is 43.4 Å². The summed E-state index contributed by atoms with van der Waals surface area (Å²) >= 11 is 0. The Balaban J connectivity index is 1.36. The number of fused-ring (bicyclic) bond motifs is 1. The zero-order valence-electron chi connectivity index (χ0n) is 13.8. The first-order valence-electron chi connectivity index (χ1n) is 8.48. The van der Waals surface area contributed by atoms with Crippen molar-refractivity contribution in [2.24, 2.45) is 0 Å². The quantitative estimate of drug-likeness (QED) is 0.455. The fourth-order valence-electron chi connectivity index (χ4n) is 2.80. The molecule has 0 saturated carbocycles. The van der Waals surface area contributed by atoms with Crippen molar-refractivity contribution in [1.29, 1.82) is 0 Å². The van der Waals surface area contributed by atoms with Crippen LogP contribution in [0.3, 0.4) is 0 Å². The summed E-state index contributed by atoms with van der Waals surface area (Å²) in [5.41, 5.74) is 1.20. The van der Waals surface area contributed by atoms with Crippen molar-refractivity contribution in [3.63, 3.8) is 0 Å². The van der Waals surface area contributed by atoms with Gasteiger partial charge in [-0.1, -0.05) is 36.4 Å². The van der Waals surface area contributed by atoms with Crippen molar-refractivity contribution in [3.05, 3.63) is 60.2 Å². The number of carbonyl (C=O) groups excluding carboxylic acids is 1. The molecular weight excluding hydrogens is 302 g/mol. The first-order valence-corrected chi connectivity index (χ1v) is 8.48. The molecule has 0 unspecified atom stereocenters. The molecule has 0 N–H and O–H groups in total. The van der Waals surface area contributed by atoms with Crippen LogP contribution in [-0.2, 0) is 11.2 Å². The molecule has 1 amide bonds. The van der Waals surface area contributed by atoms with E-state index in [4.69, 9.17) is 9.47 Å². The van der Waals surface area contributed by atoms with Crippen LogP contribution in [0.15, 0.2) is 54.7 Å². The maximum absolute atomic E-state index is 11.8. The maximum atomic E-state index is 11.8. The van der Waals surface area contributed by atoms with Crippen LogP contribution in [0.25, 0.3) is 0 Å². The van der Waals surface area contributed by atoms with E-state index in [9.17, 15) is 4.79 Å². The smallest absolute Gasteiger partial charge is 0.246 e. The maximum Gasteiger partial charge on any atom is 0.246 e. The minimum atomic E-state index is 0.121. The third-order valence-corrected chi connectivity index (χ3v) is 4.13. The van der Waals surface area contributed by atoms with Crippen LogP contribution in [0, 0.1) is 0 Å². The second kappa shape index (κ2) is 8.39. The predicted octanol–water partition coefficient (Wildman–Crippen LogP) is 3.64. The number of rotatable bonds is 6. The Bertz CT molecular complexity index is 655. The molecule has 4 heteroatoms. The van der Waals surface area contributed by atoms with Gasteiger partial charge in [0.05, 0.1) is 0 Å². The van der Waals surface area contributed by atoms with E-state index in [1.165, 1.54) is 5.56 Å². The number of likely N-dealkylation sites (tertiary alicyclic amines) is 1. The third kappa shape index (κ3) is 4.51. The van der Waals surface area contributed by atoms with Gasteiger partial charge >= 0.3 is 0 Å². The summed E-state index contributed by atoms with van der Waals surface area (Å²) < 4.78 is 10.7. The molecule has 2 aliphatic heterocycles. The van der Waals surface area contributed by atoms with Crippen molar-refractivity contribution >= 4 is 5.91 Å². The van der Waals surface area contributed by atoms with Crippen molar-refractivity contribution < 1.29 is 14.3 Å². The van der Waals surface area contributed by atoms with Gasteiger partial charge in [0.15, 0.2) is 11.5 Å². The monoisotopic (exact) mass is 325 g/mol. The summed E-state index contributed by atoms with van der Waals surface area (Å²) in [7, 11) is 0. The fraction of sp³-hybridized carbons (Fsp3) is 0.350. The van der Waals surface area contributed by atoms with Gasteiger partial charge in [-0.3, -0.25) is 4.79 Å². The molecule has 126 valence electrons. The Labute approximate surface area is 143 Å². The van der Waals surface area contributed by atoms with E-state index in [1.807, 2.05) is 35.3 Å². The average molecular weight is 325 g/mol. The van der Waals surface area contributed by atoms with Gasteiger partial charge in [-0.15, -0.1) is 0 Å². The minimum Gasteiger partial charge on any atom is -0.454 e. The van der Waals surface area contributed by atoms with E-state index >= 15 is 0 Å². The lowest BCUT2D eigenvalue weighted by Gasteiger charge is -2.11. The number of benzene rings is 1. The van der Waals surface area contributed by atoms with Gasteiger partial charge in [0.1, 0.15) is 0 Å². The Hall–Kier alpha value is -2.49. The van der Waals surface area contributed by atoms with Gasteiger partial charge in [0.25, 0.3) is 0 Å². The molecule has 0 bridgehead atoms. The van der Waals surface area contributed by atoms with Gasteiger partial charge < -0.3 is 14.4 Å². The van der Waals surface area contributed by atoms with Crippen molar-refractivity contribution in [3.8, 4) is 11.5 Å². The Morgan fingerprint density at radius 2 is 1.88 bits per heavy atom. The molecular formula is C20H23NO3. The number of nitrogens with zero attached hydrogens (tertiary/aromatic N) is 1. The Morgan fingerprint density at radius 3 is 2.75 bits per heavy atom. The van der Waals surface area contributed by atoms with Gasteiger partial charge in [0.2, 0.25) is 12.7 Å². The number of allylic oxidation sites excluding steroid dienone is 5. The van der Waals surface area contributed by atoms with Gasteiger partial charge in [0, 0.05) is 19.2 Å². The molecule has 24 heavy (non-hydrogen) atoms. The molecule has 1 saturated heterocycles. The van der Waals surface area contributed by atoms with Crippen LogP contribution < -0.4 is 9.47 Å². The first-order chi connectivity index (χ1) is 11.8. The summed E-state index contributed by atoms with van der Waals surface area (Å²) in [4.78, 5) is 13.7. The molecule has 0 spiro atoms. The molecule has 2 heterocycles. The summed E-state index contributed by atoms with van der Waals surface area (Å²) in [6.07, 6.45) is 15.7. The highest BCUT2D eigenvalue weighted by atomic mass is 16.7. The van der Waals surface area contributed by atoms with Crippen molar-refractivity contribution in [1.82, 2.24) is 4.90 Å². The molecule has 1 aromatic rings. The fourth-order valence-corrected chi connectivity index (χ4v) is 2.80. The van der Waals surface area contributed by atoms with E-state index in [2.05, 4.69) is 18.2 Å². The number of hydrogen-bond donors (Lipinski definition) is 0. The molecule has 2 aliphatic rings. The number of hydrogen-bond acceptors (Lipinski definition) is 3. The SMILES string of the molecule is O=C(/C=C/C=C/C/C=C/Cc1ccc2c(c1)OCO2)N1CCCC1. The minimum absolute atomic E-state index is 0.121. The summed E-state index contributed by atoms with van der Waals surface area (Å²) in [5.74, 6) is 1.77. The van der Waals surface area contributed by atoms with Crippen LogP contribution in [0.2, 0.25) is 0 Å². The molecule has 1 fully saturated rings. The predicted molar refractivity (Wildman–Crippen MR) is 94.1 cm³/mol. The van der Waals surface area contributed by atoms with Crippen LogP contribution >= 0.6 is 0 Å². The lowest BCUT2D eigenvalue weighted by Crippen LogP contribution is -2.25. The van der Waals surface area contributed by atoms with E-state index in [1.54, 1.807) is 6.08 Å². The topological polar surface area (TPSA) is 38.8 Å². The Kier molecular flexibility index (Phi) is 5.72. The van der Waals surface area contributed by atoms with E-state index < -0.39 is 0 Å². The second-order valence-corrected chi connectivity index (χ2v) is 5.92. The van der Waals surface area contributed by atoms with Gasteiger partial charge in [-0.25, -0.2) is 0 Å². The molecule has 0 aliphatic carbocycles. The number of amides is 1. The van der Waals surface area contributed by atoms with Crippen LogP contribution in [0.4, 0.5) is 0 Å². The molecule has 1 aromatic carbocycles. The molecule has 0 radical (unpaired) electrons. The van der Waals surface area contributed by atoms with Crippen molar-refractivity contribution in [2.45, 2.75) is 25.7 Å². The summed E-state index contributed by atoms with van der Waals surface area (Å²) in [6.45, 7) is 2.11. The highest BCUT2D eigenvalue weighted by molar-refractivity contribution is 5.88. The zero-order chi connectivity index (χ0) is 16.6. The van der Waals surface area contributed by atoms with E-state index in [-0.39, 0.29) is 5.91 Å². The molecule has 0 aromatic heterocycles.